The minimum absolute atomic E-state index is 0.00182. The molecular weight excluding hydrogens is 444 g/mol. The number of aromatic hydroxyl groups is 1. The average Bonchev–Trinajstić information content (AvgIpc) is 2.84. The summed E-state index contributed by atoms with van der Waals surface area (Å²) in [5, 5.41) is 12.2. The fourth-order valence-corrected chi connectivity index (χ4v) is 5.44. The van der Waals surface area contributed by atoms with Gasteiger partial charge in [0, 0.05) is 18.3 Å². The van der Waals surface area contributed by atoms with E-state index < -0.39 is 22.0 Å². The lowest BCUT2D eigenvalue weighted by molar-refractivity contribution is -0.120. The molecule has 1 aliphatic heterocycles. The number of fused-ring (bicyclic) bond motifs is 1. The molecule has 3 aromatic carbocycles. The number of hydrogen-bond donors (Lipinski definition) is 2. The topological polar surface area (TPSA) is 105 Å². The Morgan fingerprint density at radius 3 is 2.30 bits per heavy atom. The first kappa shape index (κ1) is 22.6. The van der Waals surface area contributed by atoms with Crippen LogP contribution in [0.5, 0.6) is 17.2 Å². The zero-order chi connectivity index (χ0) is 23.6. The second-order valence-corrected chi connectivity index (χ2v) is 9.48. The van der Waals surface area contributed by atoms with E-state index in [9.17, 15) is 18.3 Å². The molecule has 0 bridgehead atoms. The van der Waals surface area contributed by atoms with Crippen molar-refractivity contribution in [2.45, 2.75) is 23.9 Å². The number of methoxy groups -OCH3 is 2. The van der Waals surface area contributed by atoms with Crippen molar-refractivity contribution in [2.24, 2.45) is 0 Å². The van der Waals surface area contributed by atoms with Gasteiger partial charge in [-0.3, -0.25) is 4.79 Å². The first-order valence-corrected chi connectivity index (χ1v) is 11.7. The third-order valence-electron chi connectivity index (χ3n) is 5.60. The first-order chi connectivity index (χ1) is 15.8. The Morgan fingerprint density at radius 1 is 0.970 bits per heavy atom. The van der Waals surface area contributed by atoms with Gasteiger partial charge in [-0.1, -0.05) is 24.3 Å². The maximum Gasteiger partial charge on any atom is 0.244 e. The van der Waals surface area contributed by atoms with Gasteiger partial charge in [0.25, 0.3) is 0 Å². The molecule has 0 saturated heterocycles. The normalized spacial score (nSPS) is 16.0. The van der Waals surface area contributed by atoms with Crippen LogP contribution in [-0.4, -0.2) is 44.0 Å². The van der Waals surface area contributed by atoms with Crippen molar-refractivity contribution in [3.63, 3.8) is 0 Å². The van der Waals surface area contributed by atoms with Gasteiger partial charge < -0.3 is 19.9 Å². The molecule has 8 nitrogen and oxygen atoms in total. The number of phenols is 1. The van der Waals surface area contributed by atoms with Gasteiger partial charge in [-0.25, -0.2) is 8.42 Å². The van der Waals surface area contributed by atoms with Crippen LogP contribution in [0, 0.1) is 0 Å². The number of nitrogens with one attached hydrogen (secondary N) is 1. The summed E-state index contributed by atoms with van der Waals surface area (Å²) in [6, 6.07) is 16.9. The minimum Gasteiger partial charge on any atom is -0.508 e. The average molecular weight is 469 g/mol. The summed E-state index contributed by atoms with van der Waals surface area (Å²) in [4.78, 5) is 13.3. The van der Waals surface area contributed by atoms with Crippen LogP contribution in [0.1, 0.15) is 11.1 Å². The minimum atomic E-state index is -4.06. The zero-order valence-corrected chi connectivity index (χ0v) is 19.0. The molecule has 0 aliphatic carbocycles. The number of rotatable bonds is 6. The van der Waals surface area contributed by atoms with E-state index in [1.54, 1.807) is 12.1 Å². The van der Waals surface area contributed by atoms with E-state index in [0.29, 0.717) is 11.4 Å². The quantitative estimate of drug-likeness (QED) is 0.539. The van der Waals surface area contributed by atoms with E-state index in [1.165, 1.54) is 48.9 Å². The lowest BCUT2D eigenvalue weighted by Crippen LogP contribution is -2.50. The van der Waals surface area contributed by atoms with Crippen molar-refractivity contribution < 1.29 is 27.8 Å². The van der Waals surface area contributed by atoms with Crippen LogP contribution >= 0.6 is 0 Å². The smallest absolute Gasteiger partial charge is 0.244 e. The predicted octanol–water partition coefficient (Wildman–Crippen LogP) is 3.16. The summed E-state index contributed by atoms with van der Waals surface area (Å²) in [5.74, 6) is 0.291. The molecule has 2 N–H and O–H groups in total. The fraction of sp³-hybridized carbons (Fsp3) is 0.208. The van der Waals surface area contributed by atoms with Gasteiger partial charge in [-0.05, 0) is 53.9 Å². The number of sulfonamides is 1. The molecule has 0 fully saturated rings. The zero-order valence-electron chi connectivity index (χ0n) is 18.2. The first-order valence-electron chi connectivity index (χ1n) is 10.2. The van der Waals surface area contributed by atoms with Crippen LogP contribution in [0.2, 0.25) is 0 Å². The molecule has 1 atom stereocenters. The molecule has 1 heterocycles. The monoisotopic (exact) mass is 468 g/mol. The van der Waals surface area contributed by atoms with E-state index in [4.69, 9.17) is 9.47 Å². The largest absolute Gasteiger partial charge is 0.508 e. The van der Waals surface area contributed by atoms with Crippen LogP contribution in [0.4, 0.5) is 5.69 Å². The number of carbonyl (C=O) groups excluding carboxylic acids is 1. The second-order valence-electron chi connectivity index (χ2n) is 7.59. The summed E-state index contributed by atoms with van der Waals surface area (Å²) in [7, 11) is -1.16. The summed E-state index contributed by atoms with van der Waals surface area (Å²) < 4.78 is 39.1. The number of nitrogens with zero attached hydrogens (tertiary/aromatic N) is 1. The Kier molecular flexibility index (Phi) is 6.26. The summed E-state index contributed by atoms with van der Waals surface area (Å²) in [5.41, 5.74) is 2.22. The standard InChI is InChI=1S/C24H24N2O6S/c1-31-22-12-11-20(14-23(22)32-2)33(29,30)26-15-17-6-4-3-5-16(17)13-21(26)24(28)25-18-7-9-19(27)10-8-18/h3-12,14,21,27H,13,15H2,1-2H3,(H,25,28)/t21-/m0/s1. The summed E-state index contributed by atoms with van der Waals surface area (Å²) in [6.07, 6.45) is 0.229. The number of carbonyl (C=O) groups is 1. The molecule has 0 spiro atoms. The van der Waals surface area contributed by atoms with Crippen LogP contribution in [0.25, 0.3) is 0 Å². The number of hydrogen-bond acceptors (Lipinski definition) is 6. The van der Waals surface area contributed by atoms with Crippen LogP contribution in [0.3, 0.4) is 0 Å². The highest BCUT2D eigenvalue weighted by molar-refractivity contribution is 7.89. The van der Waals surface area contributed by atoms with Gasteiger partial charge in [-0.15, -0.1) is 0 Å². The maximum atomic E-state index is 13.7. The van der Waals surface area contributed by atoms with Crippen LogP contribution in [0.15, 0.2) is 71.6 Å². The molecule has 3 aromatic rings. The summed E-state index contributed by atoms with van der Waals surface area (Å²) in [6.45, 7) is 0.0561. The van der Waals surface area contributed by atoms with Gasteiger partial charge in [0.15, 0.2) is 11.5 Å². The highest BCUT2D eigenvalue weighted by Gasteiger charge is 2.40. The lowest BCUT2D eigenvalue weighted by atomic mass is 9.95. The van der Waals surface area contributed by atoms with Crippen molar-refractivity contribution in [1.82, 2.24) is 4.31 Å². The second kappa shape index (κ2) is 9.13. The Morgan fingerprint density at radius 2 is 1.64 bits per heavy atom. The van der Waals surface area contributed by atoms with E-state index in [-0.39, 0.29) is 29.4 Å². The molecule has 0 unspecified atom stereocenters. The maximum absolute atomic E-state index is 13.7. The van der Waals surface area contributed by atoms with Gasteiger partial charge in [-0.2, -0.15) is 4.31 Å². The third-order valence-corrected chi connectivity index (χ3v) is 7.46. The molecule has 172 valence electrons. The van der Waals surface area contributed by atoms with E-state index in [0.717, 1.165) is 11.1 Å². The number of benzene rings is 3. The van der Waals surface area contributed by atoms with Gasteiger partial charge >= 0.3 is 0 Å². The van der Waals surface area contributed by atoms with Crippen molar-refractivity contribution in [2.75, 3.05) is 19.5 Å². The number of phenolic OH excluding ortho intramolecular Hbond substituents is 1. The fourth-order valence-electron chi connectivity index (χ4n) is 3.86. The van der Waals surface area contributed by atoms with Crippen molar-refractivity contribution in [3.8, 4) is 17.2 Å². The van der Waals surface area contributed by atoms with Crippen molar-refractivity contribution >= 4 is 21.6 Å². The predicted molar refractivity (Wildman–Crippen MR) is 123 cm³/mol. The van der Waals surface area contributed by atoms with Gasteiger partial charge in [0.2, 0.25) is 15.9 Å². The van der Waals surface area contributed by atoms with E-state index >= 15 is 0 Å². The van der Waals surface area contributed by atoms with Gasteiger partial charge in [0.05, 0.1) is 19.1 Å². The molecule has 1 amide bonds. The van der Waals surface area contributed by atoms with Crippen molar-refractivity contribution in [1.29, 1.82) is 0 Å². The molecule has 4 rings (SSSR count). The van der Waals surface area contributed by atoms with E-state index in [2.05, 4.69) is 5.32 Å². The molecule has 9 heteroatoms. The van der Waals surface area contributed by atoms with Crippen molar-refractivity contribution in [3.05, 3.63) is 77.9 Å². The number of amides is 1. The molecular formula is C24H24N2O6S. The Bertz CT molecular complexity index is 1270. The number of ether oxygens (including phenoxy) is 2. The molecule has 33 heavy (non-hydrogen) atoms. The van der Waals surface area contributed by atoms with Gasteiger partial charge in [0.1, 0.15) is 11.8 Å². The van der Waals surface area contributed by atoms with Crippen LogP contribution in [-0.2, 0) is 27.8 Å². The highest BCUT2D eigenvalue weighted by atomic mass is 32.2. The van der Waals surface area contributed by atoms with Crippen LogP contribution < -0.4 is 14.8 Å². The lowest BCUT2D eigenvalue weighted by Gasteiger charge is -2.35. The highest BCUT2D eigenvalue weighted by Crippen LogP contribution is 2.34. The molecule has 0 saturated carbocycles. The SMILES string of the molecule is COc1ccc(S(=O)(=O)N2Cc3ccccc3C[C@H]2C(=O)Nc2ccc(O)cc2)cc1OC. The molecule has 0 radical (unpaired) electrons. The van der Waals surface area contributed by atoms with E-state index in [1.807, 2.05) is 24.3 Å². The Hall–Kier alpha value is -3.56. The Balaban J connectivity index is 1.72. The molecule has 0 aromatic heterocycles. The third kappa shape index (κ3) is 4.50. The summed E-state index contributed by atoms with van der Waals surface area (Å²) >= 11 is 0. The molecule has 1 aliphatic rings. The Labute approximate surface area is 192 Å². The number of anilines is 1.